The quantitative estimate of drug-likeness (QED) is 0.881. The van der Waals surface area contributed by atoms with Gasteiger partial charge in [-0.1, -0.05) is 29.8 Å². The molecule has 1 N–H and O–H groups in total. The Bertz CT molecular complexity index is 668. The van der Waals surface area contributed by atoms with Gasteiger partial charge in [0.25, 0.3) is 0 Å². The number of aromatic hydroxyl groups is 1. The fourth-order valence-corrected chi connectivity index (χ4v) is 3.42. The van der Waals surface area contributed by atoms with Crippen LogP contribution < -0.4 is 0 Å². The van der Waals surface area contributed by atoms with Crippen LogP contribution in [-0.2, 0) is 13.0 Å². The molecule has 2 nitrogen and oxygen atoms in total. The van der Waals surface area contributed by atoms with Gasteiger partial charge in [0.05, 0.1) is 0 Å². The Morgan fingerprint density at radius 3 is 2.57 bits per heavy atom. The molecule has 0 amide bonds. The summed E-state index contributed by atoms with van der Waals surface area (Å²) >= 11 is 6.19. The molecule has 0 radical (unpaired) electrons. The van der Waals surface area contributed by atoms with Crippen LogP contribution >= 0.6 is 11.6 Å². The first kappa shape index (κ1) is 16.3. The first-order valence-electron chi connectivity index (χ1n) is 8.05. The highest BCUT2D eigenvalue weighted by atomic mass is 35.5. The van der Waals surface area contributed by atoms with Crippen LogP contribution in [0.2, 0.25) is 5.02 Å². The van der Waals surface area contributed by atoms with E-state index in [1.807, 2.05) is 12.1 Å². The average molecular weight is 334 g/mol. The molecule has 23 heavy (non-hydrogen) atoms. The van der Waals surface area contributed by atoms with Gasteiger partial charge in [0.15, 0.2) is 0 Å². The van der Waals surface area contributed by atoms with Crippen molar-refractivity contribution in [2.24, 2.45) is 5.92 Å². The smallest absolute Gasteiger partial charge is 0.126 e. The summed E-state index contributed by atoms with van der Waals surface area (Å²) in [5, 5.41) is 10.3. The molecule has 0 saturated carbocycles. The molecule has 0 atom stereocenters. The molecule has 4 heteroatoms. The number of halogens is 2. The van der Waals surface area contributed by atoms with E-state index in [2.05, 4.69) is 4.90 Å². The first-order valence-corrected chi connectivity index (χ1v) is 8.43. The van der Waals surface area contributed by atoms with Crippen molar-refractivity contribution < 1.29 is 9.50 Å². The van der Waals surface area contributed by atoms with Gasteiger partial charge in [-0.15, -0.1) is 0 Å². The maximum atomic E-state index is 13.7. The van der Waals surface area contributed by atoms with Crippen LogP contribution in [0.1, 0.15) is 24.0 Å². The van der Waals surface area contributed by atoms with Gasteiger partial charge < -0.3 is 5.11 Å². The van der Waals surface area contributed by atoms with E-state index < -0.39 is 0 Å². The summed E-state index contributed by atoms with van der Waals surface area (Å²) in [7, 11) is 0. The van der Waals surface area contributed by atoms with Crippen LogP contribution in [-0.4, -0.2) is 23.1 Å². The normalized spacial score (nSPS) is 16.6. The van der Waals surface area contributed by atoms with Crippen molar-refractivity contribution in [3.63, 3.8) is 0 Å². The Labute approximate surface area is 141 Å². The van der Waals surface area contributed by atoms with Crippen LogP contribution in [0.4, 0.5) is 4.39 Å². The predicted octanol–water partition coefficient (Wildman–Crippen LogP) is 4.64. The number of phenolic OH excluding ortho intramolecular Hbond substituents is 1. The lowest BCUT2D eigenvalue weighted by molar-refractivity contribution is 0.176. The third kappa shape index (κ3) is 4.24. The second kappa shape index (κ2) is 7.33. The maximum Gasteiger partial charge on any atom is 0.126 e. The number of rotatable bonds is 4. The molecule has 2 aromatic carbocycles. The zero-order chi connectivity index (χ0) is 16.2. The van der Waals surface area contributed by atoms with Crippen LogP contribution in [0.5, 0.6) is 5.75 Å². The van der Waals surface area contributed by atoms with E-state index in [1.165, 1.54) is 6.07 Å². The van der Waals surface area contributed by atoms with Crippen LogP contribution in [0.15, 0.2) is 42.5 Å². The predicted molar refractivity (Wildman–Crippen MR) is 91.2 cm³/mol. The Morgan fingerprint density at radius 1 is 1.09 bits per heavy atom. The second-order valence-corrected chi connectivity index (χ2v) is 6.70. The Hall–Kier alpha value is -1.58. The van der Waals surface area contributed by atoms with Gasteiger partial charge in [0.1, 0.15) is 11.6 Å². The zero-order valence-corrected chi connectivity index (χ0v) is 13.8. The fourth-order valence-electron chi connectivity index (χ4n) is 3.25. The number of likely N-dealkylation sites (tertiary alicyclic amines) is 1. The van der Waals surface area contributed by atoms with E-state index in [-0.39, 0.29) is 11.6 Å². The first-order chi connectivity index (χ1) is 11.1. The minimum Gasteiger partial charge on any atom is -0.508 e. The summed E-state index contributed by atoms with van der Waals surface area (Å²) < 4.78 is 13.7. The van der Waals surface area contributed by atoms with Crippen LogP contribution in [0.25, 0.3) is 0 Å². The van der Waals surface area contributed by atoms with Gasteiger partial charge in [0.2, 0.25) is 0 Å². The highest BCUT2D eigenvalue weighted by molar-refractivity contribution is 6.31. The molecule has 0 unspecified atom stereocenters. The highest BCUT2D eigenvalue weighted by Gasteiger charge is 2.21. The summed E-state index contributed by atoms with van der Waals surface area (Å²) in [5.41, 5.74) is 1.78. The van der Waals surface area contributed by atoms with Crippen molar-refractivity contribution in [2.45, 2.75) is 25.8 Å². The molecule has 0 aliphatic carbocycles. The lowest BCUT2D eigenvalue weighted by Crippen LogP contribution is -2.34. The highest BCUT2D eigenvalue weighted by Crippen LogP contribution is 2.27. The zero-order valence-electron chi connectivity index (χ0n) is 13.0. The van der Waals surface area contributed by atoms with Crippen LogP contribution in [0.3, 0.4) is 0 Å². The molecule has 0 spiro atoms. The number of benzene rings is 2. The number of piperidine rings is 1. The molecule has 2 aromatic rings. The Balaban J connectivity index is 1.54. The van der Waals surface area contributed by atoms with E-state index in [0.717, 1.165) is 50.0 Å². The fraction of sp³-hybridized carbons (Fsp3) is 0.368. The summed E-state index contributed by atoms with van der Waals surface area (Å²) in [6, 6.07) is 12.1. The molecule has 1 aliphatic heterocycles. The lowest BCUT2D eigenvalue weighted by Gasteiger charge is -2.32. The Kier molecular flexibility index (Phi) is 5.19. The van der Waals surface area contributed by atoms with Gasteiger partial charge in [-0.3, -0.25) is 4.90 Å². The average Bonchev–Trinajstić information content (AvgIpc) is 2.55. The van der Waals surface area contributed by atoms with E-state index in [9.17, 15) is 9.50 Å². The van der Waals surface area contributed by atoms with Crippen molar-refractivity contribution in [1.82, 2.24) is 4.90 Å². The molecule has 1 fully saturated rings. The van der Waals surface area contributed by atoms with Crippen molar-refractivity contribution in [2.75, 3.05) is 13.1 Å². The maximum absolute atomic E-state index is 13.7. The monoisotopic (exact) mass is 333 g/mol. The molecule has 122 valence electrons. The van der Waals surface area contributed by atoms with E-state index in [4.69, 9.17) is 11.6 Å². The number of hydrogen-bond donors (Lipinski definition) is 1. The standard InChI is InChI=1S/C19H21ClFNO/c20-18-6-5-17(23)12-16(18)13-22-9-7-14(8-10-22)11-15-3-1-2-4-19(15)21/h1-6,12,14,23H,7-11,13H2. The van der Waals surface area contributed by atoms with Crippen molar-refractivity contribution in [3.05, 3.63) is 64.4 Å². The van der Waals surface area contributed by atoms with Crippen molar-refractivity contribution >= 4 is 11.6 Å². The minimum absolute atomic E-state index is 0.0959. The van der Waals surface area contributed by atoms with E-state index >= 15 is 0 Å². The van der Waals surface area contributed by atoms with Crippen molar-refractivity contribution in [1.29, 1.82) is 0 Å². The molecule has 3 rings (SSSR count). The summed E-state index contributed by atoms with van der Waals surface area (Å²) in [6.45, 7) is 2.70. The Morgan fingerprint density at radius 2 is 1.83 bits per heavy atom. The summed E-state index contributed by atoms with van der Waals surface area (Å²) in [4.78, 5) is 2.35. The van der Waals surface area contributed by atoms with E-state index in [0.29, 0.717) is 10.9 Å². The van der Waals surface area contributed by atoms with Crippen molar-refractivity contribution in [3.8, 4) is 5.75 Å². The van der Waals surface area contributed by atoms with Gasteiger partial charge in [-0.2, -0.15) is 0 Å². The van der Waals surface area contributed by atoms with Gasteiger partial charge >= 0.3 is 0 Å². The SMILES string of the molecule is Oc1ccc(Cl)c(CN2CCC(Cc3ccccc3F)CC2)c1. The lowest BCUT2D eigenvalue weighted by atomic mass is 9.90. The molecule has 0 bridgehead atoms. The second-order valence-electron chi connectivity index (χ2n) is 6.29. The van der Waals surface area contributed by atoms with E-state index in [1.54, 1.807) is 24.3 Å². The van der Waals surface area contributed by atoms with Gasteiger partial charge in [-0.25, -0.2) is 4.39 Å². The summed E-state index contributed by atoms with van der Waals surface area (Å²) in [6.07, 6.45) is 2.93. The molecular weight excluding hydrogens is 313 g/mol. The van der Waals surface area contributed by atoms with Gasteiger partial charge in [0, 0.05) is 11.6 Å². The molecule has 1 aliphatic rings. The number of phenols is 1. The topological polar surface area (TPSA) is 23.5 Å². The number of nitrogens with zero attached hydrogens (tertiary/aromatic N) is 1. The molecule has 1 heterocycles. The minimum atomic E-state index is -0.0959. The van der Waals surface area contributed by atoms with Crippen LogP contribution in [0, 0.1) is 11.7 Å². The molecule has 1 saturated heterocycles. The molecular formula is C19H21ClFNO. The third-order valence-corrected chi connectivity index (χ3v) is 4.97. The number of hydrogen-bond acceptors (Lipinski definition) is 2. The third-order valence-electron chi connectivity index (χ3n) is 4.60. The molecule has 0 aromatic heterocycles. The summed E-state index contributed by atoms with van der Waals surface area (Å²) in [5.74, 6) is 0.683. The van der Waals surface area contributed by atoms with Gasteiger partial charge in [-0.05, 0) is 73.7 Å². The largest absolute Gasteiger partial charge is 0.508 e.